The lowest BCUT2D eigenvalue weighted by atomic mass is 10.1. The van der Waals surface area contributed by atoms with Crippen LogP contribution in [-0.4, -0.2) is 40.0 Å². The van der Waals surface area contributed by atoms with Gasteiger partial charge in [-0.3, -0.25) is 14.9 Å². The molecule has 0 aliphatic carbocycles. The van der Waals surface area contributed by atoms with Gasteiger partial charge in [0.15, 0.2) is 0 Å². The van der Waals surface area contributed by atoms with Crippen molar-refractivity contribution in [2.45, 2.75) is 51.9 Å². The lowest BCUT2D eigenvalue weighted by Gasteiger charge is -2.25. The Morgan fingerprint density at radius 3 is 2.76 bits per heavy atom. The number of nitrogens with one attached hydrogen (secondary N) is 1. The number of likely N-dealkylation sites (tertiary alicyclic amines) is 1. The first-order valence-corrected chi connectivity index (χ1v) is 8.36. The summed E-state index contributed by atoms with van der Waals surface area (Å²) in [6.45, 7) is 5.02. The molecule has 1 aromatic heterocycles. The van der Waals surface area contributed by atoms with Gasteiger partial charge in [-0.25, -0.2) is 0 Å². The molecule has 0 radical (unpaired) electrons. The normalized spacial score (nSPS) is 15.6. The molecular weight excluding hydrogens is 288 g/mol. The average molecular weight is 310 g/mol. The quantitative estimate of drug-likeness (QED) is 0.875. The highest BCUT2D eigenvalue weighted by atomic mass is 32.1. The lowest BCUT2D eigenvalue weighted by Crippen LogP contribution is -2.40. The predicted molar refractivity (Wildman–Crippen MR) is 82.3 cm³/mol. The molecule has 1 N–H and O–H groups in total. The molecule has 116 valence electrons. The first-order valence-electron chi connectivity index (χ1n) is 7.55. The zero-order valence-electron chi connectivity index (χ0n) is 12.6. The Labute approximate surface area is 128 Å². The highest BCUT2D eigenvalue weighted by molar-refractivity contribution is 7.15. The number of carbonyl (C=O) groups is 2. The van der Waals surface area contributed by atoms with Crippen molar-refractivity contribution in [2.24, 2.45) is 0 Å². The Kier molecular flexibility index (Phi) is 5.67. The molecule has 0 bridgehead atoms. The van der Waals surface area contributed by atoms with E-state index in [1.54, 1.807) is 4.90 Å². The maximum absolute atomic E-state index is 12.0. The van der Waals surface area contributed by atoms with Gasteiger partial charge >= 0.3 is 0 Å². The molecule has 1 aromatic rings. The van der Waals surface area contributed by atoms with Crippen LogP contribution in [0.25, 0.3) is 0 Å². The maximum atomic E-state index is 12.0. The van der Waals surface area contributed by atoms with E-state index in [1.807, 2.05) is 0 Å². The van der Waals surface area contributed by atoms with E-state index < -0.39 is 0 Å². The van der Waals surface area contributed by atoms with Crippen LogP contribution in [-0.2, 0) is 9.59 Å². The second-order valence-corrected chi connectivity index (χ2v) is 6.29. The van der Waals surface area contributed by atoms with Crippen LogP contribution in [0.5, 0.6) is 0 Å². The zero-order valence-corrected chi connectivity index (χ0v) is 13.4. The molecule has 0 aromatic carbocycles. The van der Waals surface area contributed by atoms with E-state index in [0.717, 1.165) is 30.7 Å². The fraction of sp³-hybridized carbons (Fsp3) is 0.714. The molecule has 6 nitrogen and oxygen atoms in total. The Balaban J connectivity index is 1.89. The topological polar surface area (TPSA) is 75.2 Å². The van der Waals surface area contributed by atoms with Gasteiger partial charge in [-0.15, -0.1) is 10.2 Å². The summed E-state index contributed by atoms with van der Waals surface area (Å²) in [5, 5.41) is 12.4. The predicted octanol–water partition coefficient (Wildman–Crippen LogP) is 2.39. The largest absolute Gasteiger partial charge is 0.333 e. The Bertz CT molecular complexity index is 499. The van der Waals surface area contributed by atoms with Gasteiger partial charge in [-0.1, -0.05) is 25.2 Å². The van der Waals surface area contributed by atoms with Crippen molar-refractivity contribution in [3.63, 3.8) is 0 Å². The van der Waals surface area contributed by atoms with Crippen molar-refractivity contribution in [1.29, 1.82) is 0 Å². The molecule has 2 amide bonds. The van der Waals surface area contributed by atoms with Crippen molar-refractivity contribution >= 4 is 28.3 Å². The molecular formula is C14H22N4O2S. The number of rotatable bonds is 6. The van der Waals surface area contributed by atoms with Crippen molar-refractivity contribution in [3.05, 3.63) is 5.01 Å². The number of anilines is 1. The molecule has 1 aliphatic rings. The Hall–Kier alpha value is -1.50. The summed E-state index contributed by atoms with van der Waals surface area (Å²) in [5.74, 6) is 0.265. The van der Waals surface area contributed by atoms with Gasteiger partial charge < -0.3 is 4.90 Å². The van der Waals surface area contributed by atoms with Crippen LogP contribution < -0.4 is 5.32 Å². The Morgan fingerprint density at radius 2 is 2.10 bits per heavy atom. The zero-order chi connectivity index (χ0) is 15.2. The maximum Gasteiger partial charge on any atom is 0.245 e. The van der Waals surface area contributed by atoms with Gasteiger partial charge in [0.2, 0.25) is 16.9 Å². The first-order chi connectivity index (χ1) is 10.1. The molecule has 1 aliphatic heterocycles. The molecule has 21 heavy (non-hydrogen) atoms. The minimum absolute atomic E-state index is 0.0615. The van der Waals surface area contributed by atoms with E-state index in [-0.39, 0.29) is 18.4 Å². The number of carbonyl (C=O) groups excluding carboxylic acids is 2. The van der Waals surface area contributed by atoms with Crippen molar-refractivity contribution in [1.82, 2.24) is 15.1 Å². The fourth-order valence-electron chi connectivity index (χ4n) is 2.45. The highest BCUT2D eigenvalue weighted by Gasteiger charge is 2.21. The third-order valence-corrected chi connectivity index (χ3v) is 4.78. The summed E-state index contributed by atoms with van der Waals surface area (Å²) in [5.41, 5.74) is 0. The minimum Gasteiger partial charge on any atom is -0.333 e. The summed E-state index contributed by atoms with van der Waals surface area (Å²) in [7, 11) is 0. The van der Waals surface area contributed by atoms with Gasteiger partial charge in [-0.2, -0.15) is 0 Å². The number of amides is 2. The van der Waals surface area contributed by atoms with Crippen LogP contribution in [0.15, 0.2) is 0 Å². The van der Waals surface area contributed by atoms with Crippen molar-refractivity contribution in [2.75, 3.05) is 18.4 Å². The monoisotopic (exact) mass is 310 g/mol. The SMILES string of the molecule is CCC(CC)c1nnc(NC(=O)CN2CCCCC2=O)s1. The smallest absolute Gasteiger partial charge is 0.245 e. The first kappa shape index (κ1) is 15.9. The Morgan fingerprint density at radius 1 is 1.33 bits per heavy atom. The number of nitrogens with zero attached hydrogens (tertiary/aromatic N) is 3. The van der Waals surface area contributed by atoms with Crippen LogP contribution in [0.1, 0.15) is 56.9 Å². The third-order valence-electron chi connectivity index (χ3n) is 3.78. The highest BCUT2D eigenvalue weighted by Crippen LogP contribution is 2.28. The molecule has 7 heteroatoms. The molecule has 0 saturated carbocycles. The van der Waals surface area contributed by atoms with E-state index in [9.17, 15) is 9.59 Å². The van der Waals surface area contributed by atoms with Crippen LogP contribution in [0.3, 0.4) is 0 Å². The number of hydrogen-bond donors (Lipinski definition) is 1. The van der Waals surface area contributed by atoms with Gasteiger partial charge in [0.05, 0.1) is 6.54 Å². The molecule has 0 unspecified atom stereocenters. The molecule has 0 atom stereocenters. The summed E-state index contributed by atoms with van der Waals surface area (Å²) in [6.07, 6.45) is 4.47. The van der Waals surface area contributed by atoms with Crippen molar-refractivity contribution < 1.29 is 9.59 Å². The van der Waals surface area contributed by atoms with E-state index in [2.05, 4.69) is 29.4 Å². The van der Waals surface area contributed by atoms with Gasteiger partial charge in [-0.05, 0) is 25.7 Å². The molecule has 0 spiro atoms. The average Bonchev–Trinajstić information content (AvgIpc) is 2.91. The van der Waals surface area contributed by atoms with Crippen LogP contribution in [0.4, 0.5) is 5.13 Å². The molecule has 1 saturated heterocycles. The summed E-state index contributed by atoms with van der Waals surface area (Å²) < 4.78 is 0. The molecule has 2 rings (SSSR count). The fourth-order valence-corrected chi connectivity index (χ4v) is 3.48. The van der Waals surface area contributed by atoms with E-state index in [0.29, 0.717) is 24.0 Å². The van der Waals surface area contributed by atoms with Crippen LogP contribution in [0, 0.1) is 0 Å². The minimum atomic E-state index is -0.197. The number of aromatic nitrogens is 2. The standard InChI is InChI=1S/C14H22N4O2S/c1-3-10(4-2)13-16-17-14(21-13)15-11(19)9-18-8-6-5-7-12(18)20/h10H,3-9H2,1-2H3,(H,15,17,19). The van der Waals surface area contributed by atoms with Crippen LogP contribution >= 0.6 is 11.3 Å². The third kappa shape index (κ3) is 4.23. The van der Waals surface area contributed by atoms with Gasteiger partial charge in [0.1, 0.15) is 5.01 Å². The number of piperidine rings is 1. The van der Waals surface area contributed by atoms with E-state index >= 15 is 0 Å². The summed E-state index contributed by atoms with van der Waals surface area (Å²) in [6, 6.07) is 0. The summed E-state index contributed by atoms with van der Waals surface area (Å²) >= 11 is 1.42. The summed E-state index contributed by atoms with van der Waals surface area (Å²) in [4.78, 5) is 25.3. The second-order valence-electron chi connectivity index (χ2n) is 5.28. The van der Waals surface area contributed by atoms with Crippen molar-refractivity contribution in [3.8, 4) is 0 Å². The van der Waals surface area contributed by atoms with Gasteiger partial charge in [0.25, 0.3) is 0 Å². The van der Waals surface area contributed by atoms with E-state index in [1.165, 1.54) is 11.3 Å². The lowest BCUT2D eigenvalue weighted by molar-refractivity contribution is -0.136. The van der Waals surface area contributed by atoms with E-state index in [4.69, 9.17) is 0 Å². The number of hydrogen-bond acceptors (Lipinski definition) is 5. The van der Waals surface area contributed by atoms with Crippen LogP contribution in [0.2, 0.25) is 0 Å². The molecule has 2 heterocycles. The molecule has 1 fully saturated rings. The second kappa shape index (κ2) is 7.49. The van der Waals surface area contributed by atoms with Gasteiger partial charge in [0, 0.05) is 18.9 Å².